The van der Waals surface area contributed by atoms with Crippen LogP contribution in [0.25, 0.3) is 16.8 Å². The standard InChI is InChI=1S/C19H16F2N4/c1-3-11(2)23-19-22-10-14-6-7-17(24-25(14)19)18-15(20)8-13(9-16(18)21)12-4-5-12/h3,6-10,12H,1,4-5H2,2H3. The molecule has 126 valence electrons. The highest BCUT2D eigenvalue weighted by atomic mass is 19.1. The van der Waals surface area contributed by atoms with E-state index in [1.165, 1.54) is 16.6 Å². The molecule has 4 rings (SSSR count). The number of aliphatic imine (C=N–C) groups is 1. The van der Waals surface area contributed by atoms with Crippen molar-refractivity contribution in [1.82, 2.24) is 14.6 Å². The van der Waals surface area contributed by atoms with Gasteiger partial charge in [-0.2, -0.15) is 9.61 Å². The molecule has 0 saturated heterocycles. The monoisotopic (exact) mass is 338 g/mol. The fourth-order valence-corrected chi connectivity index (χ4v) is 2.77. The first-order chi connectivity index (χ1) is 12.1. The van der Waals surface area contributed by atoms with Crippen LogP contribution in [0, 0.1) is 11.6 Å². The Hall–Kier alpha value is -2.89. The summed E-state index contributed by atoms with van der Waals surface area (Å²) in [5.74, 6) is -0.572. The van der Waals surface area contributed by atoms with Gasteiger partial charge in [0.05, 0.1) is 23.0 Å². The summed E-state index contributed by atoms with van der Waals surface area (Å²) < 4.78 is 30.5. The Balaban J connectivity index is 1.84. The Morgan fingerprint density at radius 2 is 2.00 bits per heavy atom. The second-order valence-corrected chi connectivity index (χ2v) is 6.20. The van der Waals surface area contributed by atoms with Crippen LogP contribution in [0.2, 0.25) is 0 Å². The Kier molecular flexibility index (Phi) is 3.67. The van der Waals surface area contributed by atoms with Gasteiger partial charge in [-0.25, -0.2) is 18.8 Å². The van der Waals surface area contributed by atoms with Gasteiger partial charge in [0.2, 0.25) is 0 Å². The number of halogens is 2. The van der Waals surface area contributed by atoms with Crippen LogP contribution in [-0.4, -0.2) is 20.3 Å². The van der Waals surface area contributed by atoms with Gasteiger partial charge < -0.3 is 0 Å². The zero-order valence-electron chi connectivity index (χ0n) is 13.7. The van der Waals surface area contributed by atoms with Crippen LogP contribution in [0.5, 0.6) is 0 Å². The lowest BCUT2D eigenvalue weighted by molar-refractivity contribution is 0.584. The first-order valence-corrected chi connectivity index (χ1v) is 8.08. The third-order valence-electron chi connectivity index (χ3n) is 4.31. The van der Waals surface area contributed by atoms with Crippen molar-refractivity contribution in [1.29, 1.82) is 0 Å². The van der Waals surface area contributed by atoms with E-state index in [9.17, 15) is 8.78 Å². The van der Waals surface area contributed by atoms with E-state index in [0.717, 1.165) is 12.8 Å². The average Bonchev–Trinajstić information content (AvgIpc) is 3.37. The topological polar surface area (TPSA) is 42.5 Å². The molecular formula is C19H16F2N4. The third kappa shape index (κ3) is 2.84. The molecule has 0 amide bonds. The molecule has 0 aliphatic heterocycles. The Labute approximate surface area is 143 Å². The van der Waals surface area contributed by atoms with E-state index < -0.39 is 11.6 Å². The number of nitrogens with zero attached hydrogens (tertiary/aromatic N) is 4. The van der Waals surface area contributed by atoms with Gasteiger partial charge in [-0.1, -0.05) is 6.58 Å². The number of allylic oxidation sites excluding steroid dienone is 1. The number of rotatable bonds is 4. The lowest BCUT2D eigenvalue weighted by Gasteiger charge is -2.08. The molecule has 0 N–H and O–H groups in total. The third-order valence-corrected chi connectivity index (χ3v) is 4.31. The molecule has 1 aromatic carbocycles. The molecule has 1 fully saturated rings. The zero-order chi connectivity index (χ0) is 17.6. The maximum atomic E-state index is 14.5. The van der Waals surface area contributed by atoms with Crippen molar-refractivity contribution >= 4 is 17.2 Å². The molecule has 1 aliphatic rings. The van der Waals surface area contributed by atoms with Crippen molar-refractivity contribution in [3.05, 3.63) is 60.3 Å². The molecule has 4 nitrogen and oxygen atoms in total. The van der Waals surface area contributed by atoms with E-state index in [4.69, 9.17) is 0 Å². The van der Waals surface area contributed by atoms with Crippen molar-refractivity contribution in [2.24, 2.45) is 4.99 Å². The quantitative estimate of drug-likeness (QED) is 0.639. The molecule has 0 spiro atoms. The van der Waals surface area contributed by atoms with E-state index in [2.05, 4.69) is 21.7 Å². The van der Waals surface area contributed by atoms with Crippen molar-refractivity contribution in [3.8, 4) is 11.3 Å². The normalized spacial score (nSPS) is 14.9. The Bertz CT molecular complexity index is 992. The lowest BCUT2D eigenvalue weighted by atomic mass is 10.0. The molecular weight excluding hydrogens is 322 g/mol. The fourth-order valence-electron chi connectivity index (χ4n) is 2.77. The lowest BCUT2D eigenvalue weighted by Crippen LogP contribution is -1.99. The minimum atomic E-state index is -0.596. The van der Waals surface area contributed by atoms with Crippen LogP contribution in [0.3, 0.4) is 0 Å². The predicted molar refractivity (Wildman–Crippen MR) is 93.3 cm³/mol. The minimum absolute atomic E-state index is 0.129. The summed E-state index contributed by atoms with van der Waals surface area (Å²) >= 11 is 0. The summed E-state index contributed by atoms with van der Waals surface area (Å²) in [5.41, 5.74) is 2.15. The second kappa shape index (κ2) is 5.88. The van der Waals surface area contributed by atoms with E-state index >= 15 is 0 Å². The maximum Gasteiger partial charge on any atom is 0.251 e. The van der Waals surface area contributed by atoms with Gasteiger partial charge in [0.1, 0.15) is 11.6 Å². The molecule has 0 bridgehead atoms. The molecule has 6 heteroatoms. The van der Waals surface area contributed by atoms with Crippen LogP contribution in [0.1, 0.15) is 31.2 Å². The summed E-state index contributed by atoms with van der Waals surface area (Å²) in [7, 11) is 0. The van der Waals surface area contributed by atoms with Crippen LogP contribution < -0.4 is 0 Å². The Morgan fingerprint density at radius 3 is 2.64 bits per heavy atom. The molecule has 25 heavy (non-hydrogen) atoms. The van der Waals surface area contributed by atoms with Gasteiger partial charge in [0, 0.05) is 5.71 Å². The summed E-state index contributed by atoms with van der Waals surface area (Å²) in [6, 6.07) is 6.13. The highest BCUT2D eigenvalue weighted by Crippen LogP contribution is 2.41. The van der Waals surface area contributed by atoms with Crippen LogP contribution >= 0.6 is 0 Å². The largest absolute Gasteiger partial charge is 0.251 e. The molecule has 2 heterocycles. The van der Waals surface area contributed by atoms with E-state index in [0.29, 0.717) is 22.7 Å². The smallest absolute Gasteiger partial charge is 0.217 e. The van der Waals surface area contributed by atoms with Gasteiger partial charge >= 0.3 is 0 Å². The zero-order valence-corrected chi connectivity index (χ0v) is 13.7. The molecule has 0 atom stereocenters. The van der Waals surface area contributed by atoms with Crippen LogP contribution in [0.4, 0.5) is 14.7 Å². The average molecular weight is 338 g/mol. The van der Waals surface area contributed by atoms with Gasteiger partial charge in [-0.05, 0) is 61.6 Å². The van der Waals surface area contributed by atoms with E-state index in [-0.39, 0.29) is 17.2 Å². The molecule has 1 aliphatic carbocycles. The number of imidazole rings is 1. The van der Waals surface area contributed by atoms with Gasteiger partial charge in [-0.15, -0.1) is 0 Å². The number of benzene rings is 1. The van der Waals surface area contributed by atoms with Crippen molar-refractivity contribution in [3.63, 3.8) is 0 Å². The highest BCUT2D eigenvalue weighted by molar-refractivity contribution is 5.93. The van der Waals surface area contributed by atoms with Crippen LogP contribution in [0.15, 0.2) is 48.1 Å². The van der Waals surface area contributed by atoms with E-state index in [1.807, 2.05) is 0 Å². The van der Waals surface area contributed by atoms with Gasteiger partial charge in [0.25, 0.3) is 5.95 Å². The molecule has 0 unspecified atom stereocenters. The number of hydrogen-bond acceptors (Lipinski definition) is 3. The Morgan fingerprint density at radius 1 is 1.28 bits per heavy atom. The fraction of sp³-hybridized carbons (Fsp3) is 0.211. The number of fused-ring (bicyclic) bond motifs is 1. The van der Waals surface area contributed by atoms with Crippen LogP contribution in [-0.2, 0) is 0 Å². The van der Waals surface area contributed by atoms with E-state index in [1.54, 1.807) is 31.3 Å². The van der Waals surface area contributed by atoms with Gasteiger partial charge in [-0.3, -0.25) is 0 Å². The highest BCUT2D eigenvalue weighted by Gasteiger charge is 2.26. The second-order valence-electron chi connectivity index (χ2n) is 6.20. The molecule has 0 radical (unpaired) electrons. The minimum Gasteiger partial charge on any atom is -0.217 e. The molecule has 1 saturated carbocycles. The molecule has 3 aromatic rings. The number of hydrogen-bond donors (Lipinski definition) is 0. The first-order valence-electron chi connectivity index (χ1n) is 8.08. The maximum absolute atomic E-state index is 14.5. The van der Waals surface area contributed by atoms with Gasteiger partial charge in [0.15, 0.2) is 0 Å². The summed E-state index contributed by atoms with van der Waals surface area (Å²) in [4.78, 5) is 8.48. The predicted octanol–water partition coefficient (Wildman–Crippen LogP) is 4.83. The molecule has 2 aromatic heterocycles. The number of aromatic nitrogens is 3. The van der Waals surface area contributed by atoms with Crippen molar-refractivity contribution in [2.45, 2.75) is 25.7 Å². The van der Waals surface area contributed by atoms with Crippen molar-refractivity contribution in [2.75, 3.05) is 0 Å². The summed E-state index contributed by atoms with van der Waals surface area (Å²) in [6.45, 7) is 5.44. The van der Waals surface area contributed by atoms with Crippen molar-refractivity contribution < 1.29 is 8.78 Å². The summed E-state index contributed by atoms with van der Waals surface area (Å²) in [5, 5.41) is 4.34. The summed E-state index contributed by atoms with van der Waals surface area (Å²) in [6.07, 6.45) is 5.18. The SMILES string of the molecule is C=CC(C)=Nc1ncc2ccc(-c3c(F)cc(C4CC4)cc3F)nn12. The first kappa shape index (κ1) is 15.6.